The monoisotopic (exact) mass is 313 g/mol. The summed E-state index contributed by atoms with van der Waals surface area (Å²) in [7, 11) is 1.81. The van der Waals surface area contributed by atoms with E-state index >= 15 is 0 Å². The Hall–Kier alpha value is -0.920. The molecule has 0 aliphatic carbocycles. The Balaban J connectivity index is 2.36. The molecule has 90 valence electrons. The van der Waals surface area contributed by atoms with Crippen LogP contribution in [-0.4, -0.2) is 20.2 Å². The molecule has 2 N–H and O–H groups in total. The summed E-state index contributed by atoms with van der Waals surface area (Å²) in [5, 5.41) is 12.1. The standard InChI is InChI=1S/C10H12BrN5S/c1-6(12)8-5-7(11)3-4-9(8)17-10-13-14-15-16(10)2/h3-6H,12H2,1-2H3. The van der Waals surface area contributed by atoms with E-state index in [9.17, 15) is 0 Å². The molecular weight excluding hydrogens is 302 g/mol. The number of rotatable bonds is 3. The fourth-order valence-corrected chi connectivity index (χ4v) is 2.69. The van der Waals surface area contributed by atoms with Gasteiger partial charge < -0.3 is 5.73 Å². The third kappa shape index (κ3) is 2.85. The number of hydrogen-bond donors (Lipinski definition) is 1. The molecule has 0 radical (unpaired) electrons. The number of benzene rings is 1. The molecule has 0 amide bonds. The number of halogens is 1. The molecule has 0 bridgehead atoms. The van der Waals surface area contributed by atoms with Crippen molar-refractivity contribution in [2.75, 3.05) is 0 Å². The van der Waals surface area contributed by atoms with Crippen LogP contribution in [0.4, 0.5) is 0 Å². The van der Waals surface area contributed by atoms with Crippen LogP contribution in [0.1, 0.15) is 18.5 Å². The number of aromatic nitrogens is 4. The van der Waals surface area contributed by atoms with Crippen molar-refractivity contribution in [2.24, 2.45) is 12.8 Å². The molecule has 2 rings (SSSR count). The minimum atomic E-state index is -0.0313. The Morgan fingerprint density at radius 3 is 2.82 bits per heavy atom. The van der Waals surface area contributed by atoms with Crippen molar-refractivity contribution in [3.05, 3.63) is 28.2 Å². The second-order valence-electron chi connectivity index (χ2n) is 3.66. The Kier molecular flexibility index (Phi) is 3.80. The number of tetrazole rings is 1. The van der Waals surface area contributed by atoms with Crippen molar-refractivity contribution in [1.29, 1.82) is 0 Å². The van der Waals surface area contributed by atoms with Crippen LogP contribution in [0.5, 0.6) is 0 Å². The van der Waals surface area contributed by atoms with Crippen LogP contribution in [0.2, 0.25) is 0 Å². The highest BCUT2D eigenvalue weighted by atomic mass is 79.9. The lowest BCUT2D eigenvalue weighted by molar-refractivity contribution is 0.664. The maximum absolute atomic E-state index is 5.96. The van der Waals surface area contributed by atoms with Crippen LogP contribution in [-0.2, 0) is 7.05 Å². The number of nitrogens with zero attached hydrogens (tertiary/aromatic N) is 4. The largest absolute Gasteiger partial charge is 0.324 e. The topological polar surface area (TPSA) is 69.6 Å². The van der Waals surface area contributed by atoms with Crippen molar-refractivity contribution in [3.8, 4) is 0 Å². The minimum absolute atomic E-state index is 0.0313. The van der Waals surface area contributed by atoms with Crippen molar-refractivity contribution in [3.63, 3.8) is 0 Å². The molecule has 0 saturated carbocycles. The van der Waals surface area contributed by atoms with Gasteiger partial charge in [-0.1, -0.05) is 15.9 Å². The number of nitrogens with two attached hydrogens (primary N) is 1. The van der Waals surface area contributed by atoms with Gasteiger partial charge in [0.05, 0.1) is 0 Å². The molecule has 2 aromatic rings. The molecule has 0 saturated heterocycles. The van der Waals surface area contributed by atoms with Crippen molar-refractivity contribution in [2.45, 2.75) is 23.0 Å². The van der Waals surface area contributed by atoms with Crippen molar-refractivity contribution < 1.29 is 0 Å². The van der Waals surface area contributed by atoms with E-state index in [1.54, 1.807) is 4.68 Å². The molecule has 1 atom stereocenters. The number of aryl methyl sites for hydroxylation is 1. The van der Waals surface area contributed by atoms with E-state index in [-0.39, 0.29) is 6.04 Å². The Morgan fingerprint density at radius 2 is 2.24 bits per heavy atom. The summed E-state index contributed by atoms with van der Waals surface area (Å²) in [4.78, 5) is 1.07. The first-order chi connectivity index (χ1) is 8.08. The summed E-state index contributed by atoms with van der Waals surface area (Å²) in [6.07, 6.45) is 0. The SMILES string of the molecule is CC(N)c1cc(Br)ccc1Sc1nnnn1C. The third-order valence-corrected chi connectivity index (χ3v) is 3.86. The Labute approximate surface area is 112 Å². The third-order valence-electron chi connectivity index (χ3n) is 2.24. The molecule has 1 heterocycles. The molecule has 0 aliphatic heterocycles. The molecule has 1 unspecified atom stereocenters. The fraction of sp³-hybridized carbons (Fsp3) is 0.300. The lowest BCUT2D eigenvalue weighted by atomic mass is 10.1. The molecule has 5 nitrogen and oxygen atoms in total. The summed E-state index contributed by atoms with van der Waals surface area (Å²) >= 11 is 4.96. The highest BCUT2D eigenvalue weighted by Crippen LogP contribution is 2.32. The zero-order chi connectivity index (χ0) is 12.4. The minimum Gasteiger partial charge on any atom is -0.324 e. The van der Waals surface area contributed by atoms with Gasteiger partial charge in [0.2, 0.25) is 5.16 Å². The van der Waals surface area contributed by atoms with Gasteiger partial charge in [-0.2, -0.15) is 0 Å². The van der Waals surface area contributed by atoms with Gasteiger partial charge in [-0.05, 0) is 52.9 Å². The molecule has 1 aromatic carbocycles. The Bertz CT molecular complexity index is 525. The predicted octanol–water partition coefficient (Wildman–Crippen LogP) is 2.14. The van der Waals surface area contributed by atoms with Crippen LogP contribution in [0, 0.1) is 0 Å². The maximum Gasteiger partial charge on any atom is 0.213 e. The van der Waals surface area contributed by atoms with E-state index in [0.29, 0.717) is 0 Å². The second-order valence-corrected chi connectivity index (χ2v) is 5.58. The molecule has 0 spiro atoms. The first kappa shape index (κ1) is 12.5. The van der Waals surface area contributed by atoms with Crippen LogP contribution in [0.3, 0.4) is 0 Å². The lowest BCUT2D eigenvalue weighted by Crippen LogP contribution is -2.06. The van der Waals surface area contributed by atoms with E-state index in [1.165, 1.54) is 11.8 Å². The molecule has 17 heavy (non-hydrogen) atoms. The average molecular weight is 314 g/mol. The zero-order valence-corrected chi connectivity index (χ0v) is 11.9. The summed E-state index contributed by atoms with van der Waals surface area (Å²) in [6, 6.07) is 5.99. The van der Waals surface area contributed by atoms with Crippen LogP contribution >= 0.6 is 27.7 Å². The maximum atomic E-state index is 5.96. The molecule has 1 aromatic heterocycles. The first-order valence-corrected chi connectivity index (χ1v) is 6.64. The summed E-state index contributed by atoms with van der Waals surface area (Å²) in [5.41, 5.74) is 7.03. The summed E-state index contributed by atoms with van der Waals surface area (Å²) < 4.78 is 2.66. The molecule has 0 fully saturated rings. The van der Waals surface area contributed by atoms with Crippen molar-refractivity contribution in [1.82, 2.24) is 20.2 Å². The van der Waals surface area contributed by atoms with Crippen LogP contribution in [0.25, 0.3) is 0 Å². The highest BCUT2D eigenvalue weighted by molar-refractivity contribution is 9.10. The van der Waals surface area contributed by atoms with Crippen molar-refractivity contribution >= 4 is 27.7 Å². The highest BCUT2D eigenvalue weighted by Gasteiger charge is 2.12. The van der Waals surface area contributed by atoms with Gasteiger partial charge in [-0.15, -0.1) is 5.10 Å². The van der Waals surface area contributed by atoms with E-state index in [1.807, 2.05) is 32.2 Å². The fourth-order valence-electron chi connectivity index (χ4n) is 1.37. The van der Waals surface area contributed by atoms with Gasteiger partial charge in [-0.25, -0.2) is 4.68 Å². The zero-order valence-electron chi connectivity index (χ0n) is 9.46. The average Bonchev–Trinajstić information content (AvgIpc) is 2.67. The Morgan fingerprint density at radius 1 is 1.47 bits per heavy atom. The first-order valence-electron chi connectivity index (χ1n) is 5.03. The van der Waals surface area contributed by atoms with Gasteiger partial charge in [0, 0.05) is 22.5 Å². The predicted molar refractivity (Wildman–Crippen MR) is 69.7 cm³/mol. The smallest absolute Gasteiger partial charge is 0.213 e. The van der Waals surface area contributed by atoms with Gasteiger partial charge in [-0.3, -0.25) is 0 Å². The lowest BCUT2D eigenvalue weighted by Gasteiger charge is -2.11. The summed E-state index contributed by atoms with van der Waals surface area (Å²) in [6.45, 7) is 1.96. The van der Waals surface area contributed by atoms with E-state index < -0.39 is 0 Å². The van der Waals surface area contributed by atoms with Crippen LogP contribution < -0.4 is 5.73 Å². The van der Waals surface area contributed by atoms with E-state index in [0.717, 1.165) is 20.1 Å². The normalized spacial score (nSPS) is 12.7. The summed E-state index contributed by atoms with van der Waals surface area (Å²) in [5.74, 6) is 0. The second kappa shape index (κ2) is 5.16. The number of hydrogen-bond acceptors (Lipinski definition) is 5. The van der Waals surface area contributed by atoms with Crippen LogP contribution in [0.15, 0.2) is 32.7 Å². The molecule has 7 heteroatoms. The van der Waals surface area contributed by atoms with Gasteiger partial charge in [0.15, 0.2) is 0 Å². The molecule has 0 aliphatic rings. The van der Waals surface area contributed by atoms with E-state index in [4.69, 9.17) is 5.73 Å². The quantitative estimate of drug-likeness (QED) is 0.940. The van der Waals surface area contributed by atoms with Gasteiger partial charge in [0.25, 0.3) is 0 Å². The molecular formula is C10H12BrN5S. The van der Waals surface area contributed by atoms with Gasteiger partial charge >= 0.3 is 0 Å². The van der Waals surface area contributed by atoms with Gasteiger partial charge in [0.1, 0.15) is 0 Å². The van der Waals surface area contributed by atoms with E-state index in [2.05, 4.69) is 31.5 Å².